The predicted octanol–water partition coefficient (Wildman–Crippen LogP) is -5.85. The lowest BCUT2D eigenvalue weighted by molar-refractivity contribution is -1.99. The van der Waals surface area contributed by atoms with Gasteiger partial charge in [-0.15, -0.1) is 0 Å². The van der Waals surface area contributed by atoms with Crippen LogP contribution in [0.1, 0.15) is 0 Å². The molecule has 9 heteroatoms. The highest BCUT2D eigenvalue weighted by atomic mass is 80.0. The van der Waals surface area contributed by atoms with E-state index in [1.165, 1.54) is 0 Å². The number of hydrogen-bond acceptors (Lipinski definition) is 7. The first-order valence-electron chi connectivity index (χ1n) is 1.08. The molecule has 0 aliphatic carbocycles. The third-order valence-corrected chi connectivity index (χ3v) is 1.86. The van der Waals surface area contributed by atoms with Crippen molar-refractivity contribution in [2.24, 2.45) is 0 Å². The van der Waals surface area contributed by atoms with Crippen molar-refractivity contribution in [3.05, 3.63) is 0 Å². The van der Waals surface area contributed by atoms with E-state index in [1.807, 2.05) is 0 Å². The fourth-order valence-corrected chi connectivity index (χ4v) is 0.909. The summed E-state index contributed by atoms with van der Waals surface area (Å²) in [5, 5.41) is 0. The Morgan fingerprint density at radius 2 is 1.44 bits per heavy atom. The van der Waals surface area contributed by atoms with Crippen molar-refractivity contribution in [1.82, 2.24) is 6.15 Å². The molecule has 0 heterocycles. The van der Waals surface area contributed by atoms with Gasteiger partial charge < -0.3 is 14.5 Å². The lowest BCUT2D eigenvalue weighted by Crippen LogP contribution is -2.63. The van der Waals surface area contributed by atoms with E-state index in [-0.39, 0.29) is 6.15 Å². The summed E-state index contributed by atoms with van der Waals surface area (Å²) in [5.41, 5.74) is 0. The molecule has 0 aromatic heterocycles. The van der Waals surface area contributed by atoms with Crippen LogP contribution in [0.15, 0.2) is 0 Å². The van der Waals surface area contributed by atoms with Crippen LogP contribution in [0.3, 0.4) is 0 Å². The lowest BCUT2D eigenvalue weighted by atomic mass is 14.0. The Hall–Kier alpha value is 0.490. The van der Waals surface area contributed by atoms with E-state index in [0.717, 1.165) is 0 Å². The zero-order chi connectivity index (χ0) is 6.78. The summed E-state index contributed by atoms with van der Waals surface area (Å²) in [7, 11) is -4.80. The van der Waals surface area contributed by atoms with E-state index >= 15 is 0 Å². The van der Waals surface area contributed by atoms with Gasteiger partial charge in [-0.3, -0.25) is 0 Å². The maximum atomic E-state index is 9.28. The third-order valence-electron chi connectivity index (χ3n) is 0.119. The van der Waals surface area contributed by atoms with Crippen LogP contribution in [0, 0.1) is 25.1 Å². The summed E-state index contributed by atoms with van der Waals surface area (Å²) >= 11 is -3.92. The van der Waals surface area contributed by atoms with Gasteiger partial charge in [0.25, 0.3) is 0 Å². The smallest absolute Gasteiger partial charge is 0.358 e. The number of hydrogen-bond donors (Lipinski definition) is 1. The number of rotatable bonds is 2. The Kier molecular flexibility index (Phi) is 5.86. The second-order valence-electron chi connectivity index (χ2n) is 0.625. The van der Waals surface area contributed by atoms with Crippen LogP contribution >= 0.6 is 0 Å². The molecule has 0 saturated carbocycles. The Bertz CT molecular complexity index is 67.9. The summed E-state index contributed by atoms with van der Waals surface area (Å²) in [6.07, 6.45) is 0. The summed E-state index contributed by atoms with van der Waals surface area (Å²) in [6.45, 7) is 0. The monoisotopic (exact) mass is 227 g/mol. The van der Waals surface area contributed by atoms with Gasteiger partial charge in [-0.1, -0.05) is 0 Å². The van der Waals surface area contributed by atoms with Crippen molar-refractivity contribution in [2.75, 3.05) is 0 Å². The van der Waals surface area contributed by atoms with E-state index in [0.29, 0.717) is 0 Å². The summed E-state index contributed by atoms with van der Waals surface area (Å²) in [5.74, 6) is 0. The van der Waals surface area contributed by atoms with E-state index < -0.39 is 25.1 Å². The van der Waals surface area contributed by atoms with Gasteiger partial charge in [-0.2, -0.15) is 14.0 Å². The molecule has 7 nitrogen and oxygen atoms in total. The Labute approximate surface area is 57.6 Å². The second kappa shape index (κ2) is 4.33. The Balaban J connectivity index is 0. The molecule has 58 valence electrons. The topological polar surface area (TPSA) is 160 Å². The molecule has 0 radical (unpaired) electrons. The molecule has 9 heavy (non-hydrogen) atoms. The zero-order valence-corrected chi connectivity index (χ0v) is 6.25. The molecule has 0 saturated heterocycles. The fraction of sp³-hybridized carbons (Fsp3) is 0. The van der Waals surface area contributed by atoms with Crippen LogP contribution in [0.4, 0.5) is 0 Å². The normalized spacial score (nSPS) is 11.3. The van der Waals surface area contributed by atoms with Crippen LogP contribution in [0.5, 0.6) is 0 Å². The molecular weight excluding hydrogens is 225 g/mol. The maximum Gasteiger partial charge on any atom is 0.627 e. The van der Waals surface area contributed by atoms with Crippen molar-refractivity contribution >= 4 is 0 Å². The molecule has 0 bridgehead atoms. The molecule has 0 atom stereocenters. The van der Waals surface area contributed by atoms with Crippen LogP contribution in [0.2, 0.25) is 0 Å². The van der Waals surface area contributed by atoms with E-state index in [4.69, 9.17) is 0 Å². The largest absolute Gasteiger partial charge is 0.627 e. The highest BCUT2D eigenvalue weighted by molar-refractivity contribution is 2.48. The minimum absolute atomic E-state index is 0. The second-order valence-corrected chi connectivity index (χ2v) is 3.03. The molecule has 0 aliphatic rings. The molecule has 0 aromatic carbocycles. The summed E-state index contributed by atoms with van der Waals surface area (Å²) in [4.78, 5) is 0. The highest BCUT2D eigenvalue weighted by Gasteiger charge is 2.38. The van der Waals surface area contributed by atoms with Crippen LogP contribution in [-0.2, 0) is 3.38 Å². The van der Waals surface area contributed by atoms with Crippen LogP contribution < -0.4 is 28.5 Å². The number of halogens is 2. The van der Waals surface area contributed by atoms with Crippen molar-refractivity contribution in [3.8, 4) is 0 Å². The SMILES string of the molecule is N.[O-][Br+2]([O-])O[Cl+3]([O-])([O-])[O-]. The van der Waals surface area contributed by atoms with Crippen molar-refractivity contribution < 1.29 is 50.8 Å². The molecule has 3 N–H and O–H groups in total. The highest BCUT2D eigenvalue weighted by Crippen LogP contribution is 1.88. The standard InChI is InChI=1S/BrClO6.H3N/c3-1(4)8-2(5,6)7;/h;1H3. The molecule has 0 fully saturated rings. The quantitative estimate of drug-likeness (QED) is 0.492. The van der Waals surface area contributed by atoms with Gasteiger partial charge in [0.15, 0.2) is 10.2 Å². The van der Waals surface area contributed by atoms with Gasteiger partial charge in [0, 0.05) is 0 Å². The molecule has 0 unspecified atom stereocenters. The first-order valence-corrected chi connectivity index (χ1v) is 4.26. The van der Waals surface area contributed by atoms with Crippen LogP contribution in [0.25, 0.3) is 0 Å². The first kappa shape index (κ1) is 12.2. The van der Waals surface area contributed by atoms with E-state index in [2.05, 4.69) is 3.38 Å². The fourth-order valence-electron chi connectivity index (χ4n) is 0.0583. The zero-order valence-electron chi connectivity index (χ0n) is 3.91. The van der Waals surface area contributed by atoms with E-state index in [9.17, 15) is 22.4 Å². The molecule has 0 spiro atoms. The Morgan fingerprint density at radius 1 is 1.11 bits per heavy atom. The lowest BCUT2D eigenvalue weighted by Gasteiger charge is -2.01. The molecule has 0 amide bonds. The minimum atomic E-state index is -4.80. The molecular formula is H3BrClNO6. The van der Waals surface area contributed by atoms with Gasteiger partial charge in [-0.05, 0) is 0 Å². The van der Waals surface area contributed by atoms with Gasteiger partial charge in [0.05, 0.1) is 0 Å². The molecule has 0 aromatic rings. The molecule has 0 rings (SSSR count). The third kappa shape index (κ3) is 11.9. The van der Waals surface area contributed by atoms with Crippen molar-refractivity contribution in [2.45, 2.75) is 0 Å². The maximum absolute atomic E-state index is 9.28. The average molecular weight is 228 g/mol. The van der Waals surface area contributed by atoms with Crippen LogP contribution in [-0.4, -0.2) is 0 Å². The summed E-state index contributed by atoms with van der Waals surface area (Å²) in [6, 6.07) is 0. The Morgan fingerprint density at radius 3 is 1.44 bits per heavy atom. The minimum Gasteiger partial charge on any atom is -0.358 e. The van der Waals surface area contributed by atoms with Gasteiger partial charge in [-0.25, -0.2) is 0 Å². The van der Waals surface area contributed by atoms with Crippen molar-refractivity contribution in [3.63, 3.8) is 0 Å². The first-order chi connectivity index (χ1) is 3.42. The summed E-state index contributed by atoms with van der Waals surface area (Å²) < 4.78 is 49.2. The van der Waals surface area contributed by atoms with Gasteiger partial charge >= 0.3 is 18.2 Å². The van der Waals surface area contributed by atoms with Crippen molar-refractivity contribution in [1.29, 1.82) is 0 Å². The van der Waals surface area contributed by atoms with Gasteiger partial charge in [0.1, 0.15) is 0 Å². The van der Waals surface area contributed by atoms with E-state index in [1.54, 1.807) is 0 Å². The van der Waals surface area contributed by atoms with Gasteiger partial charge in [0.2, 0.25) is 0 Å². The predicted molar refractivity (Wildman–Crippen MR) is 6.11 cm³/mol. The average Bonchev–Trinajstić information content (AvgIpc) is 1.21. The molecule has 0 aliphatic heterocycles.